The van der Waals surface area contributed by atoms with Crippen LogP contribution in [0.5, 0.6) is 0 Å². The number of ether oxygens (including phenoxy) is 1. The average Bonchev–Trinajstić information content (AvgIpc) is 3.43. The topological polar surface area (TPSA) is 128 Å². The van der Waals surface area contributed by atoms with Crippen LogP contribution in [0.3, 0.4) is 0 Å². The number of aromatic nitrogens is 3. The summed E-state index contributed by atoms with van der Waals surface area (Å²) < 4.78 is 5.55. The molecule has 11 nitrogen and oxygen atoms in total. The van der Waals surface area contributed by atoms with Crippen LogP contribution in [0, 0.1) is 17.2 Å². The first-order chi connectivity index (χ1) is 19.1. The Kier molecular flexibility index (Phi) is 7.53. The van der Waals surface area contributed by atoms with Gasteiger partial charge in [0.2, 0.25) is 11.9 Å². The van der Waals surface area contributed by atoms with Crippen LogP contribution in [-0.2, 0) is 9.53 Å². The summed E-state index contributed by atoms with van der Waals surface area (Å²) in [4.78, 5) is 45.4. The molecule has 0 radical (unpaired) electrons. The van der Waals surface area contributed by atoms with Gasteiger partial charge in [-0.15, -0.1) is 0 Å². The Balaban J connectivity index is 1.28. The number of pyridine rings is 1. The van der Waals surface area contributed by atoms with Crippen LogP contribution in [0.1, 0.15) is 71.8 Å². The maximum Gasteiger partial charge on any atom is 0.410 e. The fraction of sp³-hybridized carbons (Fsp3) is 0.586. The number of fused-ring (bicyclic) bond motifs is 1. The molecule has 1 aliphatic carbocycles. The largest absolute Gasteiger partial charge is 0.444 e. The van der Waals surface area contributed by atoms with E-state index < -0.39 is 11.5 Å². The number of piperazine rings is 1. The second kappa shape index (κ2) is 10.9. The summed E-state index contributed by atoms with van der Waals surface area (Å²) >= 11 is 0. The Bertz CT molecular complexity index is 1300. The van der Waals surface area contributed by atoms with Crippen molar-refractivity contribution in [1.82, 2.24) is 19.9 Å². The molecule has 3 aliphatic rings. The van der Waals surface area contributed by atoms with Gasteiger partial charge in [0.05, 0.1) is 18.0 Å². The van der Waals surface area contributed by atoms with E-state index in [4.69, 9.17) is 9.72 Å². The minimum Gasteiger partial charge on any atom is -0.444 e. The number of nitriles is 1. The number of amides is 2. The van der Waals surface area contributed by atoms with Gasteiger partial charge in [-0.05, 0) is 52.7 Å². The van der Waals surface area contributed by atoms with Crippen molar-refractivity contribution >= 4 is 35.3 Å². The highest BCUT2D eigenvalue weighted by Crippen LogP contribution is 2.41. The molecule has 2 aromatic rings. The molecule has 1 saturated heterocycles. The van der Waals surface area contributed by atoms with E-state index >= 15 is 0 Å². The average molecular weight is 547 g/mol. The summed E-state index contributed by atoms with van der Waals surface area (Å²) in [6.07, 6.45) is 7.21. The molecule has 2 aliphatic heterocycles. The van der Waals surface area contributed by atoms with Gasteiger partial charge in [0, 0.05) is 49.4 Å². The molecule has 5 rings (SSSR count). The minimum absolute atomic E-state index is 0.00107. The van der Waals surface area contributed by atoms with Crippen LogP contribution in [0.4, 0.5) is 28.1 Å². The van der Waals surface area contributed by atoms with E-state index in [1.807, 2.05) is 46.8 Å². The van der Waals surface area contributed by atoms with Crippen molar-refractivity contribution in [3.05, 3.63) is 30.1 Å². The van der Waals surface area contributed by atoms with E-state index in [-0.39, 0.29) is 30.0 Å². The second-order valence-corrected chi connectivity index (χ2v) is 12.0. The lowest BCUT2D eigenvalue weighted by molar-refractivity contribution is -0.122. The predicted molar refractivity (Wildman–Crippen MR) is 151 cm³/mol. The van der Waals surface area contributed by atoms with Crippen LogP contribution < -0.4 is 15.1 Å². The molecule has 3 atom stereocenters. The van der Waals surface area contributed by atoms with Crippen molar-refractivity contribution in [2.24, 2.45) is 5.92 Å². The molecule has 4 heterocycles. The normalized spacial score (nSPS) is 23.6. The highest BCUT2D eigenvalue weighted by Gasteiger charge is 2.43. The van der Waals surface area contributed by atoms with Crippen molar-refractivity contribution < 1.29 is 14.3 Å². The number of nitrogens with zero attached hydrogens (tertiary/aromatic N) is 7. The molecule has 0 spiro atoms. The van der Waals surface area contributed by atoms with Gasteiger partial charge in [-0.25, -0.2) is 14.8 Å². The Morgan fingerprint density at radius 2 is 1.88 bits per heavy atom. The molecular formula is C29H38N8O3. The zero-order valence-corrected chi connectivity index (χ0v) is 23.9. The number of hydrogen-bond acceptors (Lipinski definition) is 9. The van der Waals surface area contributed by atoms with Gasteiger partial charge < -0.3 is 19.9 Å². The Morgan fingerprint density at radius 1 is 1.12 bits per heavy atom. The summed E-state index contributed by atoms with van der Waals surface area (Å²) in [7, 11) is 0. The zero-order valence-electron chi connectivity index (χ0n) is 23.9. The molecule has 2 amide bonds. The van der Waals surface area contributed by atoms with E-state index in [2.05, 4.69) is 26.3 Å². The third kappa shape index (κ3) is 5.53. The van der Waals surface area contributed by atoms with Gasteiger partial charge in [-0.3, -0.25) is 9.69 Å². The van der Waals surface area contributed by atoms with Gasteiger partial charge in [-0.1, -0.05) is 19.8 Å². The molecule has 0 bridgehead atoms. The maximum absolute atomic E-state index is 13.3. The lowest BCUT2D eigenvalue weighted by atomic mass is 9.84. The van der Waals surface area contributed by atoms with Gasteiger partial charge >= 0.3 is 6.09 Å². The van der Waals surface area contributed by atoms with Crippen molar-refractivity contribution in [1.29, 1.82) is 5.26 Å². The highest BCUT2D eigenvalue weighted by atomic mass is 16.6. The number of nitrogens with one attached hydrogen (secondary N) is 1. The smallest absolute Gasteiger partial charge is 0.410 e. The quantitative estimate of drug-likeness (QED) is 0.585. The third-order valence-electron chi connectivity index (χ3n) is 7.96. The standard InChI is InChI=1S/C29H38N8O3/c1-18-17-35(12-13-36(18)28(39)40-29(3,4)5)21-10-11-24(31-15-21)33-27-32-16-23-19(2)22(14-30)26(38)37(25(23)34-27)20-8-6-7-9-20/h10-11,15-16,18-20,22H,6-9,12-13,17H2,1-5H3,(H,31,32,33,34). The first-order valence-electron chi connectivity index (χ1n) is 14.1. The molecule has 212 valence electrons. The number of carbonyl (C=O) groups is 2. The van der Waals surface area contributed by atoms with Crippen molar-refractivity contribution in [3.63, 3.8) is 0 Å². The Morgan fingerprint density at radius 3 is 2.50 bits per heavy atom. The SMILES string of the molecule is CC1c2cnc(Nc3ccc(N4CCN(C(=O)OC(C)(C)C)C(C)C4)cn3)nc2N(C2CCCC2)C(=O)C1C#N. The van der Waals surface area contributed by atoms with Crippen molar-refractivity contribution in [3.8, 4) is 6.07 Å². The van der Waals surface area contributed by atoms with Gasteiger partial charge in [0.25, 0.3) is 0 Å². The van der Waals surface area contributed by atoms with E-state index in [0.717, 1.165) is 36.9 Å². The second-order valence-electron chi connectivity index (χ2n) is 12.0. The summed E-state index contributed by atoms with van der Waals surface area (Å²) in [5.74, 6) is 0.385. The Hall–Kier alpha value is -3.94. The molecule has 40 heavy (non-hydrogen) atoms. The summed E-state index contributed by atoms with van der Waals surface area (Å²) in [6, 6.07) is 6.12. The van der Waals surface area contributed by atoms with E-state index in [1.54, 1.807) is 22.2 Å². The van der Waals surface area contributed by atoms with E-state index in [0.29, 0.717) is 37.2 Å². The number of hydrogen-bond donors (Lipinski definition) is 1. The molecule has 1 saturated carbocycles. The Labute approximate surface area is 235 Å². The van der Waals surface area contributed by atoms with Crippen LogP contribution in [0.25, 0.3) is 0 Å². The first kappa shape index (κ1) is 27.6. The molecule has 3 unspecified atom stereocenters. The summed E-state index contributed by atoms with van der Waals surface area (Å²) in [5, 5.41) is 12.9. The molecule has 2 fully saturated rings. The number of carbonyl (C=O) groups excluding carboxylic acids is 2. The van der Waals surface area contributed by atoms with Crippen LogP contribution >= 0.6 is 0 Å². The lowest BCUT2D eigenvalue weighted by Crippen LogP contribution is -2.55. The van der Waals surface area contributed by atoms with Gasteiger partial charge in [0.1, 0.15) is 23.2 Å². The van der Waals surface area contributed by atoms with E-state index in [1.165, 1.54) is 0 Å². The lowest BCUT2D eigenvalue weighted by Gasteiger charge is -2.41. The molecule has 0 aromatic carbocycles. The first-order valence-corrected chi connectivity index (χ1v) is 14.1. The summed E-state index contributed by atoms with van der Waals surface area (Å²) in [6.45, 7) is 11.5. The van der Waals surface area contributed by atoms with Crippen molar-refractivity contribution in [2.75, 3.05) is 34.8 Å². The fourth-order valence-corrected chi connectivity index (χ4v) is 5.83. The minimum atomic E-state index is -0.724. The van der Waals surface area contributed by atoms with Crippen LogP contribution in [-0.4, -0.2) is 69.2 Å². The monoisotopic (exact) mass is 546 g/mol. The fourth-order valence-electron chi connectivity index (χ4n) is 5.83. The predicted octanol–water partition coefficient (Wildman–Crippen LogP) is 4.59. The van der Waals surface area contributed by atoms with Gasteiger partial charge in [-0.2, -0.15) is 10.2 Å². The molecule has 2 aromatic heterocycles. The van der Waals surface area contributed by atoms with Gasteiger partial charge in [0.15, 0.2) is 0 Å². The van der Waals surface area contributed by atoms with Crippen molar-refractivity contribution in [2.45, 2.75) is 83.9 Å². The zero-order chi connectivity index (χ0) is 28.6. The van der Waals surface area contributed by atoms with Crippen LogP contribution in [0.2, 0.25) is 0 Å². The third-order valence-corrected chi connectivity index (χ3v) is 7.96. The summed E-state index contributed by atoms with van der Waals surface area (Å²) in [5.41, 5.74) is 1.26. The number of anilines is 4. The molecule has 11 heteroatoms. The molecular weight excluding hydrogens is 508 g/mol. The van der Waals surface area contributed by atoms with Crippen LogP contribution in [0.15, 0.2) is 24.5 Å². The number of rotatable bonds is 4. The maximum atomic E-state index is 13.3. The molecule has 1 N–H and O–H groups in total. The highest BCUT2D eigenvalue weighted by molar-refractivity contribution is 6.00. The van der Waals surface area contributed by atoms with E-state index in [9.17, 15) is 14.9 Å².